The SMILES string of the molecule is [Cl-].[Cl-].[Si]=c1c(C2C(C3CC3)=Cc3c(-c4ccccc4)cccc32)c2c(-n3c4ccccc4c4ccccc43)c3c1=[C-]C(C1CC1)=C3CCCC2.[Zr+3]. The van der Waals surface area contributed by atoms with E-state index in [1.54, 1.807) is 11.1 Å². The third kappa shape index (κ3) is 5.28. The predicted molar refractivity (Wildman–Crippen MR) is 200 cm³/mol. The van der Waals surface area contributed by atoms with E-state index in [4.69, 9.17) is 0 Å². The molecule has 51 heavy (non-hydrogen) atoms. The van der Waals surface area contributed by atoms with Crippen molar-refractivity contribution < 1.29 is 51.0 Å². The zero-order valence-corrected chi connectivity index (χ0v) is 33.4. The minimum absolute atomic E-state index is 0. The molecule has 6 aromatic rings. The number of aromatic nitrogens is 1. The Bertz CT molecular complexity index is 2500. The van der Waals surface area contributed by atoms with Crippen LogP contribution in [-0.2, 0) is 32.6 Å². The third-order valence-corrected chi connectivity index (χ3v) is 12.4. The van der Waals surface area contributed by atoms with Crippen LogP contribution in [0.15, 0.2) is 108 Å². The largest absolute Gasteiger partial charge is 3.00 e. The summed E-state index contributed by atoms with van der Waals surface area (Å²) >= 11 is 0. The zero-order chi connectivity index (χ0) is 31.5. The van der Waals surface area contributed by atoms with Gasteiger partial charge in [0.1, 0.15) is 0 Å². The van der Waals surface area contributed by atoms with Gasteiger partial charge in [-0.05, 0) is 100 Å². The maximum atomic E-state index is 4.47. The van der Waals surface area contributed by atoms with E-state index in [2.05, 4.69) is 124 Å². The topological polar surface area (TPSA) is 4.93 Å². The number of fused-ring (bicyclic) bond motifs is 5. The smallest absolute Gasteiger partial charge is 1.00 e. The second-order valence-corrected chi connectivity index (χ2v) is 15.3. The second-order valence-electron chi connectivity index (χ2n) is 14.8. The van der Waals surface area contributed by atoms with Crippen LogP contribution in [0.4, 0.5) is 0 Å². The molecule has 0 amide bonds. The van der Waals surface area contributed by atoms with Crippen molar-refractivity contribution in [2.24, 2.45) is 11.8 Å². The van der Waals surface area contributed by atoms with Crippen LogP contribution in [0.3, 0.4) is 0 Å². The molecule has 5 aromatic carbocycles. The molecule has 3 radical (unpaired) electrons. The zero-order valence-electron chi connectivity index (χ0n) is 28.4. The Morgan fingerprint density at radius 2 is 1.33 bits per heavy atom. The average molecular weight is 793 g/mol. The van der Waals surface area contributed by atoms with Gasteiger partial charge in [0.25, 0.3) is 0 Å². The summed E-state index contributed by atoms with van der Waals surface area (Å²) in [5, 5.41) is 3.99. The summed E-state index contributed by atoms with van der Waals surface area (Å²) in [7, 11) is 4.47. The van der Waals surface area contributed by atoms with E-state index < -0.39 is 0 Å². The van der Waals surface area contributed by atoms with Gasteiger partial charge in [0.2, 0.25) is 0 Å². The molecular weight excluding hydrogens is 757 g/mol. The number of benzene rings is 5. The van der Waals surface area contributed by atoms with Crippen molar-refractivity contribution in [2.45, 2.75) is 57.3 Å². The van der Waals surface area contributed by atoms with Crippen LogP contribution in [0.2, 0.25) is 0 Å². The van der Waals surface area contributed by atoms with Crippen molar-refractivity contribution in [3.8, 4) is 16.8 Å². The Balaban J connectivity index is 0.00000125. The van der Waals surface area contributed by atoms with Gasteiger partial charge in [-0.15, -0.1) is 32.8 Å². The molecule has 0 saturated heterocycles. The molecule has 1 unspecified atom stereocenters. The summed E-state index contributed by atoms with van der Waals surface area (Å²) in [6.45, 7) is 0. The third-order valence-electron chi connectivity index (χ3n) is 11.9. The van der Waals surface area contributed by atoms with Crippen LogP contribution >= 0.6 is 0 Å². The van der Waals surface area contributed by atoms with E-state index in [0.29, 0.717) is 11.8 Å². The molecule has 2 saturated carbocycles. The molecule has 0 aliphatic heterocycles. The molecule has 5 heteroatoms. The number of hydrogen-bond donors (Lipinski definition) is 0. The van der Waals surface area contributed by atoms with Crippen molar-refractivity contribution in [2.75, 3.05) is 0 Å². The number of rotatable bonds is 5. The van der Waals surface area contributed by atoms with Gasteiger partial charge in [-0.1, -0.05) is 115 Å². The summed E-state index contributed by atoms with van der Waals surface area (Å²) in [6.07, 6.45) is 16.6. The standard InChI is InChI=1S/C46H36NSi.2ClH.Zr/c48-46-39-25-36(28-21-22-28)33-15-4-5-16-35(45(43(33)39)47-40-19-8-6-13-31(40)32-14-7-9-20-41(32)47)44(46)42-34-18-10-17-30(27-11-2-1-3-12-27)38(34)26-37(42)29-23-24-29;;;/h1-3,6-14,17-20,26,28-29,42H,4-5,15-16,21-24H2;2*1H;/q-1;;;+3/p-2. The monoisotopic (exact) mass is 790 g/mol. The minimum atomic E-state index is 0. The Labute approximate surface area is 334 Å². The van der Waals surface area contributed by atoms with Crippen LogP contribution < -0.4 is 30.0 Å². The van der Waals surface area contributed by atoms with E-state index in [-0.39, 0.29) is 56.9 Å². The molecule has 11 rings (SSSR count). The number of halogens is 2. The number of allylic oxidation sites excluding steroid dienone is 3. The summed E-state index contributed by atoms with van der Waals surface area (Å²) in [5.74, 6) is 1.57. The number of nitrogens with zero attached hydrogens (tertiary/aromatic N) is 1. The van der Waals surface area contributed by atoms with Gasteiger partial charge in [-0.25, -0.2) is 0 Å². The second kappa shape index (κ2) is 13.4. The first-order valence-electron chi connectivity index (χ1n) is 18.1. The van der Waals surface area contributed by atoms with Gasteiger partial charge in [-0.3, -0.25) is 0 Å². The molecule has 2 bridgehead atoms. The Morgan fingerprint density at radius 1 is 0.686 bits per heavy atom. The van der Waals surface area contributed by atoms with Crippen LogP contribution in [0, 0.1) is 16.7 Å². The van der Waals surface area contributed by atoms with Gasteiger partial charge < -0.3 is 29.4 Å². The molecule has 0 spiro atoms. The van der Waals surface area contributed by atoms with Crippen LogP contribution in [0.5, 0.6) is 0 Å². The van der Waals surface area contributed by atoms with Crippen molar-refractivity contribution in [1.82, 2.24) is 4.57 Å². The molecule has 0 N–H and O–H groups in total. The van der Waals surface area contributed by atoms with Crippen molar-refractivity contribution >= 4 is 49.4 Å². The van der Waals surface area contributed by atoms with Crippen molar-refractivity contribution in [3.05, 3.63) is 146 Å². The fraction of sp³-hybridized carbons (Fsp3) is 0.239. The first-order chi connectivity index (χ1) is 23.8. The number of hydrogen-bond acceptors (Lipinski definition) is 0. The van der Waals surface area contributed by atoms with E-state index in [1.807, 2.05) is 0 Å². The molecule has 1 nitrogen and oxygen atoms in total. The van der Waals surface area contributed by atoms with E-state index in [1.165, 1.54) is 121 Å². The summed E-state index contributed by atoms with van der Waals surface area (Å²) in [5.41, 5.74) is 18.8. The Hall–Kier alpha value is -3.07. The van der Waals surface area contributed by atoms with Gasteiger partial charge >= 0.3 is 26.2 Å². The average Bonchev–Trinajstić information content (AvgIpc) is 4.06. The molecule has 1 heterocycles. The van der Waals surface area contributed by atoms with E-state index >= 15 is 0 Å². The van der Waals surface area contributed by atoms with Gasteiger partial charge in [-0.2, -0.15) is 0 Å². The first-order valence-corrected chi connectivity index (χ1v) is 18.6. The molecule has 2 fully saturated rings. The van der Waals surface area contributed by atoms with Gasteiger partial charge in [0.15, 0.2) is 0 Å². The molecule has 247 valence electrons. The van der Waals surface area contributed by atoms with Crippen LogP contribution in [0.1, 0.15) is 78.7 Å². The maximum absolute atomic E-state index is 4.47. The number of para-hydroxylation sites is 2. The minimum Gasteiger partial charge on any atom is -1.00 e. The Kier molecular flexibility index (Phi) is 9.20. The predicted octanol–water partition coefficient (Wildman–Crippen LogP) is 4.38. The normalized spacial score (nSPS) is 18.6. The maximum Gasteiger partial charge on any atom is 3.00 e. The van der Waals surface area contributed by atoms with Crippen molar-refractivity contribution in [1.29, 1.82) is 0 Å². The molecular formula is C46H36Cl2NSiZr. The molecule has 1 aromatic heterocycles. The van der Waals surface area contributed by atoms with Crippen LogP contribution in [-0.4, -0.2) is 14.4 Å². The Morgan fingerprint density at radius 3 is 2.02 bits per heavy atom. The summed E-state index contributed by atoms with van der Waals surface area (Å²) in [4.78, 5) is 1.29. The van der Waals surface area contributed by atoms with E-state index in [9.17, 15) is 0 Å². The van der Waals surface area contributed by atoms with Crippen molar-refractivity contribution in [3.63, 3.8) is 0 Å². The quantitative estimate of drug-likeness (QED) is 0.181. The summed E-state index contributed by atoms with van der Waals surface area (Å²) < 4.78 is 2.66. The molecule has 5 aliphatic carbocycles. The van der Waals surface area contributed by atoms with Crippen LogP contribution in [0.25, 0.3) is 56.3 Å². The first kappa shape index (κ1) is 35.0. The fourth-order valence-electron chi connectivity index (χ4n) is 9.52. The summed E-state index contributed by atoms with van der Waals surface area (Å²) in [6, 6.07) is 36.2. The van der Waals surface area contributed by atoms with Gasteiger partial charge in [0.05, 0.1) is 11.0 Å². The molecule has 5 aliphatic rings. The van der Waals surface area contributed by atoms with Gasteiger partial charge in [0, 0.05) is 22.4 Å². The fourth-order valence-corrected chi connectivity index (χ4v) is 10.0. The molecule has 1 atom stereocenters. The van der Waals surface area contributed by atoms with E-state index in [0.717, 1.165) is 12.8 Å².